The second-order valence-electron chi connectivity index (χ2n) is 9.44. The number of aromatic nitrogens is 3. The van der Waals surface area contributed by atoms with Gasteiger partial charge in [0, 0.05) is 42.1 Å². The van der Waals surface area contributed by atoms with Crippen molar-refractivity contribution in [3.8, 4) is 0 Å². The zero-order chi connectivity index (χ0) is 23.6. The highest BCUT2D eigenvalue weighted by atomic mass is 16.6. The Hall–Kier alpha value is -3.49. The molecule has 1 atom stereocenters. The van der Waals surface area contributed by atoms with E-state index in [9.17, 15) is 4.79 Å². The number of alkyl carbamates (subject to hydrolysis) is 1. The zero-order valence-electron chi connectivity index (χ0n) is 19.8. The number of anilines is 4. The van der Waals surface area contributed by atoms with Crippen LogP contribution in [0.4, 0.5) is 27.8 Å². The third-order valence-corrected chi connectivity index (χ3v) is 5.54. The standard InChI is InChI=1S/C24H33N7O2/c1-5-16-14-26-31-21(27-18-9-6-8-17(25)12-18)13-20(29-22(16)31)30-11-7-10-19(15-30)28-23(32)33-24(2,3)4/h6,8-9,12-14,19,27H,5,7,10-11,15,25H2,1-4H3,(H,28,32). The lowest BCUT2D eigenvalue weighted by Gasteiger charge is -2.34. The Bertz CT molecular complexity index is 1140. The lowest BCUT2D eigenvalue weighted by Crippen LogP contribution is -2.49. The molecule has 1 saturated heterocycles. The molecule has 0 radical (unpaired) electrons. The summed E-state index contributed by atoms with van der Waals surface area (Å²) in [7, 11) is 0. The van der Waals surface area contributed by atoms with Crippen molar-refractivity contribution in [1.82, 2.24) is 19.9 Å². The van der Waals surface area contributed by atoms with Crippen LogP contribution in [0.5, 0.6) is 0 Å². The predicted molar refractivity (Wildman–Crippen MR) is 131 cm³/mol. The van der Waals surface area contributed by atoms with E-state index in [2.05, 4.69) is 27.6 Å². The number of carbonyl (C=O) groups excluding carboxylic acids is 1. The molecule has 33 heavy (non-hydrogen) atoms. The number of fused-ring (bicyclic) bond motifs is 1. The number of nitrogens with two attached hydrogens (primary N) is 1. The first-order valence-corrected chi connectivity index (χ1v) is 11.5. The lowest BCUT2D eigenvalue weighted by atomic mass is 10.1. The summed E-state index contributed by atoms with van der Waals surface area (Å²) in [6.45, 7) is 9.22. The SMILES string of the molecule is CCc1cnn2c(Nc3cccc(N)c3)cc(N3CCCC(NC(=O)OC(C)(C)C)C3)nc12. The smallest absolute Gasteiger partial charge is 0.407 e. The highest BCUT2D eigenvalue weighted by molar-refractivity contribution is 5.69. The number of piperidine rings is 1. The van der Waals surface area contributed by atoms with Gasteiger partial charge in [0.2, 0.25) is 0 Å². The molecule has 0 spiro atoms. The van der Waals surface area contributed by atoms with Gasteiger partial charge in [-0.2, -0.15) is 9.61 Å². The number of hydrogen-bond donors (Lipinski definition) is 3. The maximum absolute atomic E-state index is 12.3. The molecular formula is C24H33N7O2. The van der Waals surface area contributed by atoms with E-state index in [0.717, 1.165) is 54.3 Å². The van der Waals surface area contributed by atoms with Crippen molar-refractivity contribution in [2.45, 2.75) is 58.6 Å². The number of nitrogen functional groups attached to an aromatic ring is 1. The van der Waals surface area contributed by atoms with Gasteiger partial charge >= 0.3 is 6.09 Å². The molecule has 3 aromatic rings. The Morgan fingerprint density at radius 1 is 1.30 bits per heavy atom. The van der Waals surface area contributed by atoms with E-state index in [0.29, 0.717) is 12.2 Å². The summed E-state index contributed by atoms with van der Waals surface area (Å²) in [6, 6.07) is 9.61. The summed E-state index contributed by atoms with van der Waals surface area (Å²) in [6.07, 6.45) is 4.16. The summed E-state index contributed by atoms with van der Waals surface area (Å²) < 4.78 is 7.26. The summed E-state index contributed by atoms with van der Waals surface area (Å²) in [4.78, 5) is 19.4. The Balaban J connectivity index is 1.60. The normalized spacial score (nSPS) is 16.6. The van der Waals surface area contributed by atoms with Gasteiger partial charge in [0.05, 0.1) is 6.20 Å². The van der Waals surface area contributed by atoms with Crippen LogP contribution in [0.2, 0.25) is 0 Å². The van der Waals surface area contributed by atoms with Crippen LogP contribution >= 0.6 is 0 Å². The molecule has 1 unspecified atom stereocenters. The van der Waals surface area contributed by atoms with Crippen molar-refractivity contribution in [2.24, 2.45) is 0 Å². The van der Waals surface area contributed by atoms with E-state index in [1.165, 1.54) is 0 Å². The van der Waals surface area contributed by atoms with Gasteiger partial charge in [0.25, 0.3) is 0 Å². The minimum absolute atomic E-state index is 0.00693. The molecule has 1 aliphatic rings. The van der Waals surface area contributed by atoms with E-state index in [1.54, 1.807) is 0 Å². The van der Waals surface area contributed by atoms with E-state index in [4.69, 9.17) is 15.5 Å². The average molecular weight is 452 g/mol. The predicted octanol–water partition coefficient (Wildman–Crippen LogP) is 4.11. The number of aryl methyl sites for hydroxylation is 1. The zero-order valence-corrected chi connectivity index (χ0v) is 19.8. The van der Waals surface area contributed by atoms with Crippen LogP contribution in [-0.4, -0.2) is 45.4 Å². The van der Waals surface area contributed by atoms with Gasteiger partial charge in [-0.05, 0) is 58.2 Å². The molecule has 4 rings (SSSR count). The van der Waals surface area contributed by atoms with Crippen molar-refractivity contribution < 1.29 is 9.53 Å². The number of amides is 1. The molecule has 3 heterocycles. The quantitative estimate of drug-likeness (QED) is 0.501. The topological polar surface area (TPSA) is 110 Å². The van der Waals surface area contributed by atoms with Crippen molar-refractivity contribution in [3.05, 3.63) is 42.1 Å². The molecule has 4 N–H and O–H groups in total. The summed E-state index contributed by atoms with van der Waals surface area (Å²) >= 11 is 0. The molecular weight excluding hydrogens is 418 g/mol. The fourth-order valence-electron chi connectivity index (χ4n) is 4.04. The molecule has 9 heteroatoms. The number of nitrogens with zero attached hydrogens (tertiary/aromatic N) is 4. The van der Waals surface area contributed by atoms with Crippen LogP contribution in [0, 0.1) is 0 Å². The molecule has 1 aromatic carbocycles. The number of benzene rings is 1. The van der Waals surface area contributed by atoms with Crippen molar-refractivity contribution in [3.63, 3.8) is 0 Å². The Morgan fingerprint density at radius 3 is 2.85 bits per heavy atom. The molecule has 0 bridgehead atoms. The molecule has 176 valence electrons. The minimum atomic E-state index is -0.523. The van der Waals surface area contributed by atoms with Gasteiger partial charge < -0.3 is 26.0 Å². The van der Waals surface area contributed by atoms with E-state index in [1.807, 2.05) is 61.8 Å². The third-order valence-electron chi connectivity index (χ3n) is 5.54. The third kappa shape index (κ3) is 5.47. The highest BCUT2D eigenvalue weighted by Crippen LogP contribution is 2.27. The Kier molecular flexibility index (Phi) is 6.31. The van der Waals surface area contributed by atoms with E-state index >= 15 is 0 Å². The van der Waals surface area contributed by atoms with Crippen molar-refractivity contribution in [2.75, 3.05) is 29.0 Å². The van der Waals surface area contributed by atoms with Gasteiger partial charge in [-0.1, -0.05) is 13.0 Å². The van der Waals surface area contributed by atoms with Gasteiger partial charge in [-0.15, -0.1) is 0 Å². The molecule has 0 aliphatic carbocycles. The summed E-state index contributed by atoms with van der Waals surface area (Å²) in [5, 5.41) is 11.0. The molecule has 1 amide bonds. The molecule has 2 aromatic heterocycles. The van der Waals surface area contributed by atoms with E-state index in [-0.39, 0.29) is 12.1 Å². The van der Waals surface area contributed by atoms with Gasteiger partial charge in [0.1, 0.15) is 17.2 Å². The molecule has 9 nitrogen and oxygen atoms in total. The maximum atomic E-state index is 12.3. The van der Waals surface area contributed by atoms with Gasteiger partial charge in [0.15, 0.2) is 5.65 Å². The van der Waals surface area contributed by atoms with Gasteiger partial charge in [-0.25, -0.2) is 9.78 Å². The summed E-state index contributed by atoms with van der Waals surface area (Å²) in [5.41, 5.74) is 8.91. The highest BCUT2D eigenvalue weighted by Gasteiger charge is 2.26. The van der Waals surface area contributed by atoms with Crippen LogP contribution in [0.15, 0.2) is 36.5 Å². The fraction of sp³-hybridized carbons (Fsp3) is 0.458. The lowest BCUT2D eigenvalue weighted by molar-refractivity contribution is 0.0500. The number of hydrogen-bond acceptors (Lipinski definition) is 7. The van der Waals surface area contributed by atoms with Gasteiger partial charge in [-0.3, -0.25) is 0 Å². The first-order valence-electron chi connectivity index (χ1n) is 11.5. The summed E-state index contributed by atoms with van der Waals surface area (Å²) in [5.74, 6) is 1.65. The second-order valence-corrected chi connectivity index (χ2v) is 9.44. The largest absolute Gasteiger partial charge is 0.444 e. The maximum Gasteiger partial charge on any atom is 0.407 e. The van der Waals surface area contributed by atoms with E-state index < -0.39 is 5.60 Å². The monoisotopic (exact) mass is 451 g/mol. The van der Waals surface area contributed by atoms with Crippen LogP contribution in [0.25, 0.3) is 5.65 Å². The van der Waals surface area contributed by atoms with Crippen LogP contribution in [0.1, 0.15) is 46.1 Å². The van der Waals surface area contributed by atoms with Crippen LogP contribution < -0.4 is 21.3 Å². The number of nitrogens with one attached hydrogen (secondary N) is 2. The van der Waals surface area contributed by atoms with Crippen molar-refractivity contribution >= 4 is 34.8 Å². The molecule has 1 aliphatic heterocycles. The van der Waals surface area contributed by atoms with Crippen LogP contribution in [-0.2, 0) is 11.2 Å². The number of rotatable bonds is 5. The molecule has 1 fully saturated rings. The van der Waals surface area contributed by atoms with Crippen LogP contribution in [0.3, 0.4) is 0 Å². The Labute approximate surface area is 194 Å². The first kappa shape index (κ1) is 22.7. The second kappa shape index (κ2) is 9.17. The first-order chi connectivity index (χ1) is 15.7. The van der Waals surface area contributed by atoms with Crippen molar-refractivity contribution in [1.29, 1.82) is 0 Å². The number of ether oxygens (including phenoxy) is 1. The fourth-order valence-corrected chi connectivity index (χ4v) is 4.04. The Morgan fingerprint density at radius 2 is 2.12 bits per heavy atom. The minimum Gasteiger partial charge on any atom is -0.444 e. The number of carbonyl (C=O) groups is 1. The molecule has 0 saturated carbocycles. The average Bonchev–Trinajstić information content (AvgIpc) is 3.16.